The Balaban J connectivity index is 1.48. The number of nitrogens with zero attached hydrogens (tertiary/aromatic N) is 1. The number of anilines is 1. The van der Waals surface area contributed by atoms with Gasteiger partial charge in [-0.15, -0.1) is 11.3 Å². The molecule has 0 aliphatic carbocycles. The first-order chi connectivity index (χ1) is 11.7. The lowest BCUT2D eigenvalue weighted by Crippen LogP contribution is -2.11. The summed E-state index contributed by atoms with van der Waals surface area (Å²) in [6.07, 6.45) is 0.428. The Bertz CT molecular complexity index is 821. The van der Waals surface area contributed by atoms with Crippen LogP contribution in [0.15, 0.2) is 64.3 Å². The molecule has 0 fully saturated rings. The van der Waals surface area contributed by atoms with E-state index in [1.807, 2.05) is 47.8 Å². The number of rotatable bonds is 6. The zero-order chi connectivity index (χ0) is 16.8. The van der Waals surface area contributed by atoms with Crippen molar-refractivity contribution in [3.05, 3.63) is 65.0 Å². The van der Waals surface area contributed by atoms with Gasteiger partial charge in [0.2, 0.25) is 5.91 Å². The number of aromatic nitrogens is 1. The van der Waals surface area contributed by atoms with Gasteiger partial charge in [0.25, 0.3) is 0 Å². The summed E-state index contributed by atoms with van der Waals surface area (Å²) in [6, 6.07) is 17.2. The Morgan fingerprint density at radius 3 is 2.79 bits per heavy atom. The molecule has 0 radical (unpaired) electrons. The van der Waals surface area contributed by atoms with Gasteiger partial charge in [0.15, 0.2) is 4.34 Å². The van der Waals surface area contributed by atoms with Crippen molar-refractivity contribution in [2.24, 2.45) is 0 Å². The van der Waals surface area contributed by atoms with Gasteiger partial charge in [-0.05, 0) is 18.2 Å². The average Bonchev–Trinajstić information content (AvgIpc) is 3.04. The number of halogens is 1. The van der Waals surface area contributed by atoms with Gasteiger partial charge in [-0.25, -0.2) is 4.98 Å². The lowest BCUT2D eigenvalue weighted by atomic mass is 10.2. The van der Waals surface area contributed by atoms with Crippen LogP contribution in [0.25, 0.3) is 11.3 Å². The first-order valence-corrected chi connectivity index (χ1v) is 9.64. The van der Waals surface area contributed by atoms with Crippen LogP contribution in [0.2, 0.25) is 5.02 Å². The maximum absolute atomic E-state index is 12.0. The van der Waals surface area contributed by atoms with Gasteiger partial charge in [-0.3, -0.25) is 4.79 Å². The van der Waals surface area contributed by atoms with Gasteiger partial charge in [0, 0.05) is 33.8 Å². The van der Waals surface area contributed by atoms with E-state index < -0.39 is 0 Å². The Morgan fingerprint density at radius 2 is 2.00 bits per heavy atom. The molecule has 1 aromatic heterocycles. The molecule has 1 amide bonds. The van der Waals surface area contributed by atoms with Crippen molar-refractivity contribution in [1.29, 1.82) is 0 Å². The summed E-state index contributed by atoms with van der Waals surface area (Å²) in [7, 11) is 0. The molecule has 0 spiro atoms. The molecule has 122 valence electrons. The quantitative estimate of drug-likeness (QED) is 0.572. The molecule has 0 aliphatic heterocycles. The van der Waals surface area contributed by atoms with E-state index >= 15 is 0 Å². The van der Waals surface area contributed by atoms with Crippen molar-refractivity contribution in [2.75, 3.05) is 11.1 Å². The van der Waals surface area contributed by atoms with E-state index in [4.69, 9.17) is 11.6 Å². The number of carbonyl (C=O) groups is 1. The van der Waals surface area contributed by atoms with Crippen molar-refractivity contribution in [1.82, 2.24) is 4.98 Å². The Morgan fingerprint density at radius 1 is 1.17 bits per heavy atom. The molecular formula is C18H15ClN2OS2. The molecule has 0 unspecified atom stereocenters. The fourth-order valence-electron chi connectivity index (χ4n) is 2.09. The third kappa shape index (κ3) is 4.84. The predicted molar refractivity (Wildman–Crippen MR) is 103 cm³/mol. The van der Waals surface area contributed by atoms with Crippen molar-refractivity contribution in [2.45, 2.75) is 10.8 Å². The highest BCUT2D eigenvalue weighted by molar-refractivity contribution is 8.01. The van der Waals surface area contributed by atoms with Crippen LogP contribution in [0.3, 0.4) is 0 Å². The number of hydrogen-bond donors (Lipinski definition) is 1. The molecule has 24 heavy (non-hydrogen) atoms. The second-order valence-electron chi connectivity index (χ2n) is 5.02. The summed E-state index contributed by atoms with van der Waals surface area (Å²) < 4.78 is 0.976. The van der Waals surface area contributed by atoms with Crippen LogP contribution in [0.1, 0.15) is 6.42 Å². The molecule has 3 nitrogen and oxygen atoms in total. The number of nitrogens with one attached hydrogen (secondary N) is 1. The summed E-state index contributed by atoms with van der Waals surface area (Å²) in [6.45, 7) is 0. The lowest BCUT2D eigenvalue weighted by molar-refractivity contribution is -0.115. The molecule has 2 aromatic carbocycles. The molecule has 3 aromatic rings. The molecule has 0 saturated heterocycles. The summed E-state index contributed by atoms with van der Waals surface area (Å²) in [4.78, 5) is 16.6. The van der Waals surface area contributed by atoms with Crippen molar-refractivity contribution in [3.63, 3.8) is 0 Å². The molecule has 0 saturated carbocycles. The molecule has 0 atom stereocenters. The second kappa shape index (κ2) is 8.33. The topological polar surface area (TPSA) is 42.0 Å². The van der Waals surface area contributed by atoms with Gasteiger partial charge in [-0.1, -0.05) is 59.8 Å². The van der Waals surface area contributed by atoms with E-state index in [0.29, 0.717) is 17.2 Å². The van der Waals surface area contributed by atoms with Crippen LogP contribution in [0.5, 0.6) is 0 Å². The van der Waals surface area contributed by atoms with Crippen molar-refractivity contribution >= 4 is 46.3 Å². The number of thioether (sulfide) groups is 1. The fraction of sp³-hybridized carbons (Fsp3) is 0.111. The van der Waals surface area contributed by atoms with Crippen LogP contribution in [-0.2, 0) is 4.79 Å². The summed E-state index contributed by atoms with van der Waals surface area (Å²) in [5.41, 5.74) is 2.81. The van der Waals surface area contributed by atoms with E-state index in [9.17, 15) is 4.79 Å². The van der Waals surface area contributed by atoms with Gasteiger partial charge < -0.3 is 5.32 Å². The van der Waals surface area contributed by atoms with E-state index in [-0.39, 0.29) is 5.91 Å². The summed E-state index contributed by atoms with van der Waals surface area (Å²) in [5, 5.41) is 5.50. The minimum Gasteiger partial charge on any atom is -0.326 e. The SMILES string of the molecule is O=C(CCSc1nc(-c2ccccc2)cs1)Nc1cccc(Cl)c1. The lowest BCUT2D eigenvalue weighted by Gasteiger charge is -2.04. The van der Waals surface area contributed by atoms with E-state index in [1.165, 1.54) is 0 Å². The zero-order valence-corrected chi connectivity index (χ0v) is 15.1. The number of amides is 1. The number of benzene rings is 2. The van der Waals surface area contributed by atoms with Crippen LogP contribution in [-0.4, -0.2) is 16.6 Å². The second-order valence-corrected chi connectivity index (χ2v) is 7.66. The van der Waals surface area contributed by atoms with E-state index in [2.05, 4.69) is 10.3 Å². The molecule has 3 rings (SSSR count). The van der Waals surface area contributed by atoms with Gasteiger partial charge in [0.05, 0.1) is 5.69 Å². The highest BCUT2D eigenvalue weighted by Gasteiger charge is 2.07. The van der Waals surface area contributed by atoms with Crippen LogP contribution < -0.4 is 5.32 Å². The standard InChI is InChI=1S/C18H15ClN2OS2/c19-14-7-4-8-15(11-14)20-17(22)9-10-23-18-21-16(12-24-18)13-5-2-1-3-6-13/h1-8,11-12H,9-10H2,(H,20,22). The third-order valence-electron chi connectivity index (χ3n) is 3.22. The highest BCUT2D eigenvalue weighted by Crippen LogP contribution is 2.28. The minimum absolute atomic E-state index is 0.0235. The van der Waals surface area contributed by atoms with Crippen molar-refractivity contribution < 1.29 is 4.79 Å². The normalized spacial score (nSPS) is 10.5. The first-order valence-electron chi connectivity index (χ1n) is 7.40. The molecular weight excluding hydrogens is 360 g/mol. The molecule has 0 bridgehead atoms. The Labute approximate surface area is 154 Å². The number of hydrogen-bond acceptors (Lipinski definition) is 4. The Kier molecular flexibility index (Phi) is 5.91. The van der Waals surface area contributed by atoms with Gasteiger partial charge in [0.1, 0.15) is 0 Å². The zero-order valence-electron chi connectivity index (χ0n) is 12.7. The van der Waals surface area contributed by atoms with E-state index in [0.717, 1.165) is 21.3 Å². The largest absolute Gasteiger partial charge is 0.326 e. The monoisotopic (exact) mass is 374 g/mol. The number of thiazole rings is 1. The maximum Gasteiger partial charge on any atom is 0.225 e. The summed E-state index contributed by atoms with van der Waals surface area (Å²) in [5.74, 6) is 0.665. The molecule has 1 N–H and O–H groups in total. The fourth-order valence-corrected chi connectivity index (χ4v) is 4.12. The Hall–Kier alpha value is -1.82. The van der Waals surface area contributed by atoms with Gasteiger partial charge >= 0.3 is 0 Å². The van der Waals surface area contributed by atoms with Crippen LogP contribution in [0, 0.1) is 0 Å². The smallest absolute Gasteiger partial charge is 0.225 e. The molecule has 0 aliphatic rings. The van der Waals surface area contributed by atoms with Gasteiger partial charge in [-0.2, -0.15) is 0 Å². The first kappa shape index (κ1) is 17.0. The molecule has 1 heterocycles. The maximum atomic E-state index is 12.0. The van der Waals surface area contributed by atoms with Crippen LogP contribution >= 0.6 is 34.7 Å². The number of carbonyl (C=O) groups excluding carboxylic acids is 1. The molecule has 6 heteroatoms. The van der Waals surface area contributed by atoms with Crippen molar-refractivity contribution in [3.8, 4) is 11.3 Å². The summed E-state index contributed by atoms with van der Waals surface area (Å²) >= 11 is 9.11. The predicted octanol–water partition coefficient (Wildman–Crippen LogP) is 5.58. The van der Waals surface area contributed by atoms with E-state index in [1.54, 1.807) is 35.2 Å². The minimum atomic E-state index is -0.0235. The highest BCUT2D eigenvalue weighted by atomic mass is 35.5. The third-order valence-corrected chi connectivity index (χ3v) is 5.47. The average molecular weight is 375 g/mol. The van der Waals surface area contributed by atoms with Crippen LogP contribution in [0.4, 0.5) is 5.69 Å².